The topological polar surface area (TPSA) is 89.4 Å². The number of rotatable bonds is 7. The van der Waals surface area contributed by atoms with E-state index in [0.717, 1.165) is 31.5 Å². The molecular formula is C29H33Cl2N5O2. The van der Waals surface area contributed by atoms with E-state index in [1.807, 2.05) is 31.1 Å². The van der Waals surface area contributed by atoms with Crippen molar-refractivity contribution in [2.24, 2.45) is 0 Å². The first kappa shape index (κ1) is 29.1. The first-order chi connectivity index (χ1) is 17.7. The number of halogens is 2. The number of carbonyl (C=O) groups excluding carboxylic acids is 2. The number of carbonyl (C=O) groups is 2. The Morgan fingerprint density at radius 1 is 0.974 bits per heavy atom. The van der Waals surface area contributed by atoms with Crippen LogP contribution in [-0.4, -0.2) is 54.6 Å². The standard InChI is InChI=1S/C28H29Cl2N5O2.CH4/c1-34(2)24-15-21(30)14-23(28(37)33-26-11-10-20(29)17-32-26)22(24)16-25(36)18-6-8-19(9-7-18)27(31)35-12-4-3-5-13-35;/h6-11,14-15,17,31H,3-5,12-13,16H2,1-2H3,(H,32,33,37);1H4. The summed E-state index contributed by atoms with van der Waals surface area (Å²) in [5.41, 5.74) is 2.84. The first-order valence-electron chi connectivity index (χ1n) is 12.1. The molecule has 3 aromatic rings. The molecule has 1 aromatic heterocycles. The van der Waals surface area contributed by atoms with E-state index in [1.54, 1.807) is 36.4 Å². The summed E-state index contributed by atoms with van der Waals surface area (Å²) in [6, 6.07) is 13.7. The highest BCUT2D eigenvalue weighted by atomic mass is 35.5. The van der Waals surface area contributed by atoms with Crippen molar-refractivity contribution < 1.29 is 9.59 Å². The molecule has 7 nitrogen and oxygen atoms in total. The fraction of sp³-hybridized carbons (Fsp3) is 0.310. The lowest BCUT2D eigenvalue weighted by Crippen LogP contribution is -2.35. The normalized spacial score (nSPS) is 12.9. The van der Waals surface area contributed by atoms with Crippen molar-refractivity contribution in [1.29, 1.82) is 5.41 Å². The van der Waals surface area contributed by atoms with Crippen molar-refractivity contribution >= 4 is 52.2 Å². The number of benzene rings is 2. The van der Waals surface area contributed by atoms with Crippen LogP contribution in [0.2, 0.25) is 10.0 Å². The van der Waals surface area contributed by atoms with E-state index in [-0.39, 0.29) is 19.6 Å². The van der Waals surface area contributed by atoms with Gasteiger partial charge in [0, 0.05) is 67.2 Å². The van der Waals surface area contributed by atoms with Gasteiger partial charge in [-0.2, -0.15) is 0 Å². The van der Waals surface area contributed by atoms with Gasteiger partial charge in [0.2, 0.25) is 0 Å². The number of pyridine rings is 1. The molecule has 1 aliphatic rings. The van der Waals surface area contributed by atoms with E-state index >= 15 is 0 Å². The van der Waals surface area contributed by atoms with Crippen LogP contribution in [0.5, 0.6) is 0 Å². The molecule has 4 rings (SSSR count). The fourth-order valence-electron chi connectivity index (χ4n) is 4.42. The van der Waals surface area contributed by atoms with Crippen LogP contribution in [-0.2, 0) is 6.42 Å². The molecule has 2 N–H and O–H groups in total. The second-order valence-electron chi connectivity index (χ2n) is 9.23. The largest absolute Gasteiger partial charge is 0.377 e. The molecule has 0 aliphatic carbocycles. The van der Waals surface area contributed by atoms with Crippen molar-refractivity contribution in [2.75, 3.05) is 37.4 Å². The number of hydrogen-bond acceptors (Lipinski definition) is 5. The molecule has 2 aromatic carbocycles. The van der Waals surface area contributed by atoms with Crippen molar-refractivity contribution in [3.05, 3.63) is 87.0 Å². The molecule has 38 heavy (non-hydrogen) atoms. The molecule has 1 fully saturated rings. The minimum Gasteiger partial charge on any atom is -0.377 e. The van der Waals surface area contributed by atoms with Crippen LogP contribution in [0.1, 0.15) is 58.5 Å². The van der Waals surface area contributed by atoms with E-state index < -0.39 is 5.91 Å². The van der Waals surface area contributed by atoms with E-state index in [9.17, 15) is 9.59 Å². The summed E-state index contributed by atoms with van der Waals surface area (Å²) in [6.45, 7) is 1.78. The Labute approximate surface area is 234 Å². The third-order valence-corrected chi connectivity index (χ3v) is 6.82. The molecule has 0 saturated carbocycles. The number of anilines is 2. The third-order valence-electron chi connectivity index (χ3n) is 6.38. The van der Waals surface area contributed by atoms with Crippen LogP contribution in [0.15, 0.2) is 54.7 Å². The van der Waals surface area contributed by atoms with Gasteiger partial charge in [0.25, 0.3) is 5.91 Å². The minimum absolute atomic E-state index is 0. The number of nitrogens with zero attached hydrogens (tertiary/aromatic N) is 3. The van der Waals surface area contributed by atoms with Crippen molar-refractivity contribution in [2.45, 2.75) is 33.1 Å². The quantitative estimate of drug-likeness (QED) is 0.196. The predicted molar refractivity (Wildman–Crippen MR) is 156 cm³/mol. The Morgan fingerprint density at radius 2 is 1.63 bits per heavy atom. The van der Waals surface area contributed by atoms with Crippen molar-refractivity contribution in [1.82, 2.24) is 9.88 Å². The summed E-state index contributed by atoms with van der Waals surface area (Å²) in [5, 5.41) is 12.1. The lowest BCUT2D eigenvalue weighted by Gasteiger charge is -2.29. The maximum atomic E-state index is 13.4. The smallest absolute Gasteiger partial charge is 0.257 e. The SMILES string of the molecule is C.CN(C)c1cc(Cl)cc(C(=O)Nc2ccc(Cl)cn2)c1CC(=O)c1ccc(C(=N)N2CCCCC2)cc1. The van der Waals surface area contributed by atoms with Crippen LogP contribution in [0.25, 0.3) is 0 Å². The highest BCUT2D eigenvalue weighted by Gasteiger charge is 2.22. The summed E-state index contributed by atoms with van der Waals surface area (Å²) in [7, 11) is 3.67. The number of Topliss-reactive ketones (excluding diaryl/α,β-unsaturated/α-hetero) is 1. The van der Waals surface area contributed by atoms with Gasteiger partial charge >= 0.3 is 0 Å². The Kier molecular flexibility index (Phi) is 9.89. The van der Waals surface area contributed by atoms with Crippen LogP contribution >= 0.6 is 23.2 Å². The van der Waals surface area contributed by atoms with Crippen LogP contribution in [0, 0.1) is 5.41 Å². The van der Waals surface area contributed by atoms with Gasteiger partial charge in [-0.25, -0.2) is 4.98 Å². The number of likely N-dealkylation sites (tertiary alicyclic amines) is 1. The van der Waals surface area contributed by atoms with Gasteiger partial charge in [-0.05, 0) is 49.1 Å². The maximum Gasteiger partial charge on any atom is 0.257 e. The zero-order valence-electron chi connectivity index (χ0n) is 20.9. The molecule has 2 heterocycles. The minimum atomic E-state index is -0.423. The number of ketones is 1. The summed E-state index contributed by atoms with van der Waals surface area (Å²) in [4.78, 5) is 34.6. The molecule has 1 saturated heterocycles. The van der Waals surface area contributed by atoms with Crippen LogP contribution in [0.4, 0.5) is 11.5 Å². The third kappa shape index (κ3) is 6.91. The lowest BCUT2D eigenvalue weighted by molar-refractivity contribution is 0.0992. The number of amides is 1. The predicted octanol–water partition coefficient (Wildman–Crippen LogP) is 6.58. The average molecular weight is 555 g/mol. The Bertz CT molecular complexity index is 1300. The number of amidine groups is 1. The van der Waals surface area contributed by atoms with Gasteiger partial charge in [0.1, 0.15) is 11.7 Å². The molecule has 1 aliphatic heterocycles. The number of aromatic nitrogens is 1. The van der Waals surface area contributed by atoms with Gasteiger partial charge in [-0.1, -0.05) is 54.9 Å². The first-order valence-corrected chi connectivity index (χ1v) is 12.9. The monoisotopic (exact) mass is 553 g/mol. The van der Waals surface area contributed by atoms with E-state index in [0.29, 0.717) is 44.1 Å². The van der Waals surface area contributed by atoms with Gasteiger partial charge in [-0.3, -0.25) is 15.0 Å². The number of nitrogens with one attached hydrogen (secondary N) is 2. The number of hydrogen-bond donors (Lipinski definition) is 2. The van der Waals surface area contributed by atoms with Crippen molar-refractivity contribution in [3.8, 4) is 0 Å². The highest BCUT2D eigenvalue weighted by Crippen LogP contribution is 2.30. The molecule has 9 heteroatoms. The molecule has 1 amide bonds. The maximum absolute atomic E-state index is 13.4. The Morgan fingerprint density at radius 3 is 2.24 bits per heavy atom. The second kappa shape index (κ2) is 12.9. The summed E-state index contributed by atoms with van der Waals surface area (Å²) in [6.07, 6.45) is 4.84. The molecule has 0 atom stereocenters. The summed E-state index contributed by atoms with van der Waals surface area (Å²) < 4.78 is 0. The Hall–Kier alpha value is -3.42. The van der Waals surface area contributed by atoms with E-state index in [4.69, 9.17) is 28.6 Å². The zero-order chi connectivity index (χ0) is 26.5. The molecule has 0 radical (unpaired) electrons. The molecular weight excluding hydrogens is 521 g/mol. The highest BCUT2D eigenvalue weighted by molar-refractivity contribution is 6.31. The van der Waals surface area contributed by atoms with Crippen LogP contribution in [0.3, 0.4) is 0 Å². The second-order valence-corrected chi connectivity index (χ2v) is 10.1. The summed E-state index contributed by atoms with van der Waals surface area (Å²) >= 11 is 12.2. The van der Waals surface area contributed by atoms with Gasteiger partial charge in [0.05, 0.1) is 5.02 Å². The van der Waals surface area contributed by atoms with E-state index in [1.165, 1.54) is 12.6 Å². The number of piperidine rings is 1. The van der Waals surface area contributed by atoms with E-state index in [2.05, 4.69) is 15.2 Å². The lowest BCUT2D eigenvalue weighted by atomic mass is 9.95. The van der Waals surface area contributed by atoms with Crippen LogP contribution < -0.4 is 10.2 Å². The molecule has 0 unspecified atom stereocenters. The fourth-order valence-corrected chi connectivity index (χ4v) is 4.74. The zero-order valence-corrected chi connectivity index (χ0v) is 22.4. The van der Waals surface area contributed by atoms with Crippen molar-refractivity contribution in [3.63, 3.8) is 0 Å². The average Bonchev–Trinajstić information content (AvgIpc) is 2.90. The van der Waals surface area contributed by atoms with Gasteiger partial charge in [0.15, 0.2) is 5.78 Å². The summed E-state index contributed by atoms with van der Waals surface area (Å²) in [5.74, 6) is 0.263. The molecule has 0 spiro atoms. The molecule has 0 bridgehead atoms. The van der Waals surface area contributed by atoms with Gasteiger partial charge < -0.3 is 15.1 Å². The van der Waals surface area contributed by atoms with Gasteiger partial charge in [-0.15, -0.1) is 0 Å². The Balaban J connectivity index is 0.00000400. The molecule has 200 valence electrons.